The number of carbonyl (C=O) groups excluding carboxylic acids is 1. The van der Waals surface area contributed by atoms with Crippen molar-refractivity contribution in [1.29, 1.82) is 0 Å². The number of hydrogen-bond acceptors (Lipinski definition) is 5. The Balaban J connectivity index is 1.30. The van der Waals surface area contributed by atoms with Gasteiger partial charge in [-0.1, -0.05) is 6.07 Å². The molecule has 3 aromatic heterocycles. The number of pyridine rings is 1. The van der Waals surface area contributed by atoms with E-state index in [0.29, 0.717) is 11.5 Å². The first-order chi connectivity index (χ1) is 15.3. The minimum absolute atomic E-state index is 0.129. The van der Waals surface area contributed by atoms with Gasteiger partial charge >= 0.3 is 0 Å². The average molecular weight is 410 g/mol. The van der Waals surface area contributed by atoms with Crippen LogP contribution < -0.4 is 5.32 Å². The molecule has 1 aromatic carbocycles. The van der Waals surface area contributed by atoms with E-state index in [4.69, 9.17) is 0 Å². The molecular weight excluding hydrogens is 388 g/mol. The molecule has 0 bridgehead atoms. The van der Waals surface area contributed by atoms with Crippen molar-refractivity contribution in [2.75, 3.05) is 11.9 Å². The maximum Gasteiger partial charge on any atom is 0.255 e. The van der Waals surface area contributed by atoms with Gasteiger partial charge < -0.3 is 5.32 Å². The summed E-state index contributed by atoms with van der Waals surface area (Å²) in [4.78, 5) is 27.6. The lowest BCUT2D eigenvalue weighted by Crippen LogP contribution is -2.31. The second kappa shape index (κ2) is 8.49. The molecule has 1 N–H and O–H groups in total. The fourth-order valence-corrected chi connectivity index (χ4v) is 3.92. The quantitative estimate of drug-likeness (QED) is 0.545. The van der Waals surface area contributed by atoms with Gasteiger partial charge in [0, 0.05) is 67.6 Å². The lowest BCUT2D eigenvalue weighted by molar-refractivity contribution is 0.102. The second-order valence-corrected chi connectivity index (χ2v) is 7.55. The molecule has 0 fully saturated rings. The van der Waals surface area contributed by atoms with Crippen LogP contribution in [-0.2, 0) is 19.5 Å². The molecule has 1 aliphatic heterocycles. The summed E-state index contributed by atoms with van der Waals surface area (Å²) < 4.78 is 2.03. The van der Waals surface area contributed by atoms with Crippen molar-refractivity contribution < 1.29 is 4.79 Å². The minimum atomic E-state index is -0.129. The zero-order valence-electron chi connectivity index (χ0n) is 17.0. The number of rotatable bonds is 5. The van der Waals surface area contributed by atoms with Gasteiger partial charge in [-0.3, -0.25) is 19.2 Å². The summed E-state index contributed by atoms with van der Waals surface area (Å²) in [7, 11) is 0. The highest BCUT2D eigenvalue weighted by atomic mass is 16.1. The molecule has 7 heteroatoms. The molecule has 0 aliphatic carbocycles. The lowest BCUT2D eigenvalue weighted by Gasteiger charge is -2.29. The zero-order chi connectivity index (χ0) is 21.0. The third kappa shape index (κ3) is 4.22. The smallest absolute Gasteiger partial charge is 0.255 e. The number of hydrogen-bond donors (Lipinski definition) is 1. The molecule has 7 nitrogen and oxygen atoms in total. The third-order valence-corrected chi connectivity index (χ3v) is 5.48. The molecule has 0 unspecified atom stereocenters. The van der Waals surface area contributed by atoms with Crippen LogP contribution in [0.15, 0.2) is 79.5 Å². The van der Waals surface area contributed by atoms with E-state index in [9.17, 15) is 4.79 Å². The van der Waals surface area contributed by atoms with Crippen molar-refractivity contribution in [3.63, 3.8) is 0 Å². The van der Waals surface area contributed by atoms with Crippen LogP contribution in [0.2, 0.25) is 0 Å². The first-order valence-electron chi connectivity index (χ1n) is 10.3. The average Bonchev–Trinajstić information content (AvgIpc) is 3.28. The Morgan fingerprint density at radius 2 is 1.81 bits per heavy atom. The molecule has 4 aromatic rings. The molecule has 31 heavy (non-hydrogen) atoms. The van der Waals surface area contributed by atoms with Crippen LogP contribution in [-0.4, -0.2) is 36.9 Å². The van der Waals surface area contributed by atoms with Crippen molar-refractivity contribution in [2.24, 2.45) is 0 Å². The summed E-state index contributed by atoms with van der Waals surface area (Å²) in [6, 6.07) is 15.6. The van der Waals surface area contributed by atoms with E-state index in [0.717, 1.165) is 37.4 Å². The highest BCUT2D eigenvalue weighted by molar-refractivity contribution is 6.04. The fraction of sp³-hybridized carbons (Fsp3) is 0.167. The minimum Gasteiger partial charge on any atom is -0.322 e. The van der Waals surface area contributed by atoms with Crippen molar-refractivity contribution >= 4 is 11.6 Å². The number of benzene rings is 1. The molecule has 1 amide bonds. The first-order valence-corrected chi connectivity index (χ1v) is 10.3. The van der Waals surface area contributed by atoms with Crippen LogP contribution in [0.25, 0.3) is 5.95 Å². The molecule has 0 atom stereocenters. The SMILES string of the molecule is O=C(Nc1ccc2c(c1)CN(Cc1cccn1-c1ncccn1)CC2)c1ccncc1. The molecule has 5 rings (SSSR count). The molecule has 1 aliphatic rings. The van der Waals surface area contributed by atoms with E-state index >= 15 is 0 Å². The monoisotopic (exact) mass is 410 g/mol. The highest BCUT2D eigenvalue weighted by Crippen LogP contribution is 2.24. The van der Waals surface area contributed by atoms with Gasteiger partial charge in [0.2, 0.25) is 5.95 Å². The van der Waals surface area contributed by atoms with E-state index in [2.05, 4.69) is 43.4 Å². The summed E-state index contributed by atoms with van der Waals surface area (Å²) in [5, 5.41) is 2.99. The van der Waals surface area contributed by atoms with Crippen LogP contribution >= 0.6 is 0 Å². The standard InChI is InChI=1S/C24H22N6O/c31-23(19-6-11-25-12-7-19)28-21-5-4-18-8-14-29(16-20(18)15-21)17-22-3-1-13-30(22)24-26-9-2-10-27-24/h1-7,9-13,15H,8,14,16-17H2,(H,28,31). The van der Waals surface area contributed by atoms with Crippen molar-refractivity contribution in [3.05, 3.63) is 102 Å². The summed E-state index contributed by atoms with van der Waals surface area (Å²) in [5.41, 5.74) is 5.13. The Morgan fingerprint density at radius 3 is 2.65 bits per heavy atom. The maximum absolute atomic E-state index is 12.5. The number of nitrogens with one attached hydrogen (secondary N) is 1. The van der Waals surface area contributed by atoms with Gasteiger partial charge in [0.15, 0.2) is 0 Å². The number of amides is 1. The van der Waals surface area contributed by atoms with Crippen LogP contribution in [0.1, 0.15) is 27.2 Å². The molecular formula is C24H22N6O. The Kier molecular flexibility index (Phi) is 5.24. The van der Waals surface area contributed by atoms with Crippen molar-refractivity contribution in [2.45, 2.75) is 19.5 Å². The molecule has 0 saturated carbocycles. The Morgan fingerprint density at radius 1 is 0.968 bits per heavy atom. The van der Waals surface area contributed by atoms with Crippen LogP contribution in [0.3, 0.4) is 0 Å². The van der Waals surface area contributed by atoms with Crippen molar-refractivity contribution in [3.8, 4) is 5.95 Å². The van der Waals surface area contributed by atoms with Gasteiger partial charge in [0.25, 0.3) is 5.91 Å². The molecule has 0 radical (unpaired) electrons. The Bertz CT molecular complexity index is 1190. The highest BCUT2D eigenvalue weighted by Gasteiger charge is 2.19. The summed E-state index contributed by atoms with van der Waals surface area (Å²) in [6.45, 7) is 2.62. The summed E-state index contributed by atoms with van der Waals surface area (Å²) in [6.07, 6.45) is 9.73. The van der Waals surface area contributed by atoms with Gasteiger partial charge in [-0.2, -0.15) is 0 Å². The lowest BCUT2D eigenvalue weighted by atomic mass is 9.99. The van der Waals surface area contributed by atoms with Crippen LogP contribution in [0, 0.1) is 0 Å². The van der Waals surface area contributed by atoms with Crippen molar-refractivity contribution in [1.82, 2.24) is 24.4 Å². The van der Waals surface area contributed by atoms with Gasteiger partial charge in [0.05, 0.1) is 0 Å². The third-order valence-electron chi connectivity index (χ3n) is 5.48. The topological polar surface area (TPSA) is 75.9 Å². The number of carbonyl (C=O) groups is 1. The molecule has 4 heterocycles. The van der Waals surface area contributed by atoms with Gasteiger partial charge in [-0.25, -0.2) is 9.97 Å². The van der Waals surface area contributed by atoms with Gasteiger partial charge in [-0.05, 0) is 60.0 Å². The predicted molar refractivity (Wildman–Crippen MR) is 118 cm³/mol. The first kappa shape index (κ1) is 19.1. The van der Waals surface area contributed by atoms with Gasteiger partial charge in [-0.15, -0.1) is 0 Å². The predicted octanol–water partition coefficient (Wildman–Crippen LogP) is 3.47. The van der Waals surface area contributed by atoms with Crippen LogP contribution in [0.4, 0.5) is 5.69 Å². The van der Waals surface area contributed by atoms with E-state index in [-0.39, 0.29) is 5.91 Å². The van der Waals surface area contributed by atoms with E-state index < -0.39 is 0 Å². The van der Waals surface area contributed by atoms with Gasteiger partial charge in [0.1, 0.15) is 0 Å². The van der Waals surface area contributed by atoms with E-state index in [1.54, 1.807) is 36.9 Å². The molecule has 154 valence electrons. The Labute approximate surface area is 180 Å². The van der Waals surface area contributed by atoms with Crippen LogP contribution in [0.5, 0.6) is 0 Å². The number of aromatic nitrogens is 4. The molecule has 0 saturated heterocycles. The van der Waals surface area contributed by atoms with E-state index in [1.807, 2.05) is 29.0 Å². The number of nitrogens with zero attached hydrogens (tertiary/aromatic N) is 5. The normalized spacial score (nSPS) is 13.5. The zero-order valence-corrected chi connectivity index (χ0v) is 17.0. The number of anilines is 1. The van der Waals surface area contributed by atoms with E-state index in [1.165, 1.54) is 11.1 Å². The second-order valence-electron chi connectivity index (χ2n) is 7.55. The molecule has 0 spiro atoms. The number of fused-ring (bicyclic) bond motifs is 1. The Hall–Kier alpha value is -3.84. The maximum atomic E-state index is 12.5. The summed E-state index contributed by atoms with van der Waals surface area (Å²) >= 11 is 0. The summed E-state index contributed by atoms with van der Waals surface area (Å²) in [5.74, 6) is 0.553. The fourth-order valence-electron chi connectivity index (χ4n) is 3.92. The largest absolute Gasteiger partial charge is 0.322 e.